The lowest BCUT2D eigenvalue weighted by Crippen LogP contribution is -2.25. The summed E-state index contributed by atoms with van der Waals surface area (Å²) in [6.07, 6.45) is 13.9. The van der Waals surface area contributed by atoms with E-state index in [0.717, 1.165) is 12.8 Å². The highest BCUT2D eigenvalue weighted by Gasteiger charge is 2.10. The van der Waals surface area contributed by atoms with Crippen molar-refractivity contribution in [3.8, 4) is 0 Å². The van der Waals surface area contributed by atoms with E-state index in [1.807, 2.05) is 0 Å². The number of nitrogens with zero attached hydrogens (tertiary/aromatic N) is 1. The van der Waals surface area contributed by atoms with Crippen molar-refractivity contribution in [3.63, 3.8) is 0 Å². The van der Waals surface area contributed by atoms with Gasteiger partial charge in [-0.1, -0.05) is 87.5 Å². The second-order valence-electron chi connectivity index (χ2n) is 6.41. The monoisotopic (exact) mass is 366 g/mol. The van der Waals surface area contributed by atoms with Gasteiger partial charge in [-0.05, 0) is 18.6 Å². The van der Waals surface area contributed by atoms with Crippen LogP contribution in [0.1, 0.15) is 87.1 Å². The molecule has 5 heteroatoms. The van der Waals surface area contributed by atoms with Crippen LogP contribution in [-0.4, -0.2) is 23.9 Å². The number of benzene rings is 1. The maximum atomic E-state index is 12.2. The predicted octanol–water partition coefficient (Wildman–Crippen LogP) is 5.80. The molecule has 0 aliphatic rings. The van der Waals surface area contributed by atoms with Crippen LogP contribution in [0.15, 0.2) is 23.4 Å². The molecule has 0 saturated carbocycles. The number of rotatable bonds is 13. The van der Waals surface area contributed by atoms with Crippen LogP contribution in [0.3, 0.4) is 0 Å². The van der Waals surface area contributed by atoms with Crippen LogP contribution in [0.5, 0.6) is 0 Å². The van der Waals surface area contributed by atoms with Gasteiger partial charge in [-0.25, -0.2) is 0 Å². The highest BCUT2D eigenvalue weighted by Crippen LogP contribution is 2.15. The third-order valence-electron chi connectivity index (χ3n) is 4.27. The number of carbonyl (C=O) groups excluding carboxylic acids is 1. The van der Waals surface area contributed by atoms with Gasteiger partial charge in [-0.15, -0.1) is 0 Å². The molecule has 140 valence electrons. The molecule has 1 amide bonds. The van der Waals surface area contributed by atoms with Crippen molar-refractivity contribution in [1.82, 2.24) is 5.32 Å². The fourth-order valence-electron chi connectivity index (χ4n) is 2.81. The Morgan fingerprint density at radius 3 is 2.28 bits per heavy atom. The van der Waals surface area contributed by atoms with E-state index in [9.17, 15) is 4.79 Å². The molecule has 0 aromatic heterocycles. The van der Waals surface area contributed by atoms with Gasteiger partial charge in [0, 0.05) is 22.7 Å². The molecule has 0 aliphatic carbocycles. The second-order valence-corrected chi connectivity index (χ2v) is 6.85. The molecule has 25 heavy (non-hydrogen) atoms. The van der Waals surface area contributed by atoms with Crippen LogP contribution in [0.25, 0.3) is 0 Å². The molecule has 0 heterocycles. The summed E-state index contributed by atoms with van der Waals surface area (Å²) in [5.74, 6) is -0.187. The van der Waals surface area contributed by atoms with E-state index in [4.69, 9.17) is 16.8 Å². The maximum absolute atomic E-state index is 12.2. The Balaban J connectivity index is 2.16. The predicted molar refractivity (Wildman–Crippen MR) is 105 cm³/mol. The molecule has 0 fully saturated rings. The number of amides is 1. The normalized spacial score (nSPS) is 11.1. The van der Waals surface area contributed by atoms with Gasteiger partial charge in [0.15, 0.2) is 0 Å². The lowest BCUT2D eigenvalue weighted by atomic mass is 10.1. The summed E-state index contributed by atoms with van der Waals surface area (Å²) in [4.78, 5) is 12.2. The third kappa shape index (κ3) is 9.49. The summed E-state index contributed by atoms with van der Waals surface area (Å²) in [6, 6.07) is 4.92. The number of hydrogen-bond acceptors (Lipinski definition) is 3. The Morgan fingerprint density at radius 1 is 1.08 bits per heavy atom. The molecule has 0 aliphatic heterocycles. The molecule has 0 atom stereocenters. The Labute approximate surface area is 156 Å². The first-order chi connectivity index (χ1) is 12.2. The average molecular weight is 367 g/mol. The van der Waals surface area contributed by atoms with Crippen LogP contribution >= 0.6 is 11.6 Å². The minimum atomic E-state index is -0.187. The van der Waals surface area contributed by atoms with Gasteiger partial charge in [0.25, 0.3) is 5.91 Å². The third-order valence-corrected chi connectivity index (χ3v) is 4.51. The minimum Gasteiger partial charge on any atom is -0.411 e. The SMILES string of the molecule is CCCCCCCCCCCCNC(=O)c1cc(Cl)ccc1/C=N/O. The van der Waals surface area contributed by atoms with Gasteiger partial charge in [0.2, 0.25) is 0 Å². The number of carbonyl (C=O) groups is 1. The second kappa shape index (κ2) is 13.7. The van der Waals surface area contributed by atoms with Crippen molar-refractivity contribution in [3.05, 3.63) is 34.3 Å². The molecule has 0 unspecified atom stereocenters. The molecular formula is C20H31ClN2O2. The van der Waals surface area contributed by atoms with Crippen LogP contribution in [0.4, 0.5) is 0 Å². The summed E-state index contributed by atoms with van der Waals surface area (Å²) in [5, 5.41) is 15.1. The van der Waals surface area contributed by atoms with Gasteiger partial charge < -0.3 is 10.5 Å². The Morgan fingerprint density at radius 2 is 1.68 bits per heavy atom. The molecule has 0 bridgehead atoms. The van der Waals surface area contributed by atoms with Gasteiger partial charge >= 0.3 is 0 Å². The van der Waals surface area contributed by atoms with Gasteiger partial charge in [0.05, 0.1) is 6.21 Å². The fourth-order valence-corrected chi connectivity index (χ4v) is 2.98. The van der Waals surface area contributed by atoms with Crippen molar-refractivity contribution in [2.45, 2.75) is 71.1 Å². The highest BCUT2D eigenvalue weighted by molar-refractivity contribution is 6.31. The first-order valence-electron chi connectivity index (χ1n) is 9.44. The van der Waals surface area contributed by atoms with Crippen LogP contribution in [-0.2, 0) is 0 Å². The zero-order valence-corrected chi connectivity index (χ0v) is 16.0. The van der Waals surface area contributed by atoms with Crippen molar-refractivity contribution < 1.29 is 10.0 Å². The molecule has 0 spiro atoms. The van der Waals surface area contributed by atoms with E-state index in [1.165, 1.54) is 57.6 Å². The smallest absolute Gasteiger partial charge is 0.252 e. The van der Waals surface area contributed by atoms with E-state index >= 15 is 0 Å². The summed E-state index contributed by atoms with van der Waals surface area (Å²) < 4.78 is 0. The Bertz CT molecular complexity index is 532. The zero-order valence-electron chi connectivity index (χ0n) is 15.3. The number of halogens is 1. The Kier molecular flexibility index (Phi) is 11.8. The summed E-state index contributed by atoms with van der Waals surface area (Å²) in [6.45, 7) is 2.89. The van der Waals surface area contributed by atoms with E-state index in [0.29, 0.717) is 22.7 Å². The van der Waals surface area contributed by atoms with Gasteiger partial charge in [0.1, 0.15) is 0 Å². The quantitative estimate of drug-likeness (QED) is 0.200. The van der Waals surface area contributed by atoms with Crippen molar-refractivity contribution in [1.29, 1.82) is 0 Å². The Hall–Kier alpha value is -1.55. The molecule has 4 nitrogen and oxygen atoms in total. The lowest BCUT2D eigenvalue weighted by molar-refractivity contribution is 0.0953. The molecule has 0 saturated heterocycles. The van der Waals surface area contributed by atoms with E-state index in [1.54, 1.807) is 18.2 Å². The molecular weight excluding hydrogens is 336 g/mol. The van der Waals surface area contributed by atoms with Crippen LogP contribution in [0, 0.1) is 0 Å². The molecule has 1 aromatic carbocycles. The number of hydrogen-bond donors (Lipinski definition) is 2. The number of oxime groups is 1. The van der Waals surface area contributed by atoms with Crippen LogP contribution in [0.2, 0.25) is 5.02 Å². The first-order valence-corrected chi connectivity index (χ1v) is 9.82. The topological polar surface area (TPSA) is 61.7 Å². The lowest BCUT2D eigenvalue weighted by Gasteiger charge is -2.08. The standard InChI is InChI=1S/C20H31ClN2O2/c1-2-3-4-5-6-7-8-9-10-11-14-22-20(24)19-15-18(21)13-12-17(19)16-23-25/h12-13,15-16,25H,2-11,14H2,1H3,(H,22,24)/b23-16+. The molecule has 2 N–H and O–H groups in total. The summed E-state index contributed by atoms with van der Waals surface area (Å²) >= 11 is 5.95. The summed E-state index contributed by atoms with van der Waals surface area (Å²) in [5.41, 5.74) is 0.977. The number of unbranched alkanes of at least 4 members (excludes halogenated alkanes) is 9. The molecule has 0 radical (unpaired) electrons. The average Bonchev–Trinajstić information content (AvgIpc) is 2.61. The minimum absolute atomic E-state index is 0.187. The van der Waals surface area contributed by atoms with E-state index < -0.39 is 0 Å². The molecule has 1 rings (SSSR count). The van der Waals surface area contributed by atoms with Gasteiger partial charge in [-0.2, -0.15) is 0 Å². The maximum Gasteiger partial charge on any atom is 0.252 e. The molecule has 1 aromatic rings. The van der Waals surface area contributed by atoms with E-state index in [2.05, 4.69) is 17.4 Å². The van der Waals surface area contributed by atoms with Crippen molar-refractivity contribution in [2.24, 2.45) is 5.16 Å². The van der Waals surface area contributed by atoms with Gasteiger partial charge in [-0.3, -0.25) is 4.79 Å². The number of nitrogens with one attached hydrogen (secondary N) is 1. The van der Waals surface area contributed by atoms with Crippen LogP contribution < -0.4 is 5.32 Å². The van der Waals surface area contributed by atoms with Crippen molar-refractivity contribution in [2.75, 3.05) is 6.54 Å². The zero-order chi connectivity index (χ0) is 18.3. The highest BCUT2D eigenvalue weighted by atomic mass is 35.5. The largest absolute Gasteiger partial charge is 0.411 e. The summed E-state index contributed by atoms with van der Waals surface area (Å²) in [7, 11) is 0. The first kappa shape index (κ1) is 21.5. The van der Waals surface area contributed by atoms with E-state index in [-0.39, 0.29) is 5.91 Å². The fraction of sp³-hybridized carbons (Fsp3) is 0.600. The van der Waals surface area contributed by atoms with Crippen molar-refractivity contribution >= 4 is 23.7 Å².